The van der Waals surface area contributed by atoms with Crippen molar-refractivity contribution < 1.29 is 58.2 Å². The number of aryl methyl sites for hydroxylation is 2. The summed E-state index contributed by atoms with van der Waals surface area (Å²) in [5.41, 5.74) is 16.2. The van der Waals surface area contributed by atoms with Crippen molar-refractivity contribution >= 4 is 51.9 Å². The molecule has 0 radical (unpaired) electrons. The Morgan fingerprint density at radius 3 is 1.51 bits per heavy atom. The van der Waals surface area contributed by atoms with Crippen LogP contribution in [-0.4, -0.2) is 46.7 Å². The van der Waals surface area contributed by atoms with Gasteiger partial charge in [0.1, 0.15) is 0 Å². The molecule has 0 fully saturated rings. The molecule has 5 N–H and O–H groups in total. The van der Waals surface area contributed by atoms with E-state index < -0.39 is 48.0 Å². The molecule has 0 bridgehead atoms. The van der Waals surface area contributed by atoms with Gasteiger partial charge >= 0.3 is 35.8 Å². The van der Waals surface area contributed by atoms with Crippen LogP contribution >= 0.6 is 23.2 Å². The summed E-state index contributed by atoms with van der Waals surface area (Å²) in [5, 5.41) is 8.29. The van der Waals surface area contributed by atoms with E-state index in [0.29, 0.717) is 27.5 Å². The van der Waals surface area contributed by atoms with E-state index in [1.54, 1.807) is 30.3 Å². The van der Waals surface area contributed by atoms with E-state index in [9.17, 15) is 53.1 Å². The average molecular weight is 803 g/mol. The molecule has 286 valence electrons. The predicted octanol–water partition coefficient (Wildman–Crippen LogP) is 11.6. The number of carboxylic acids is 1. The highest BCUT2D eigenvalue weighted by molar-refractivity contribution is 6.34. The number of anilines is 2. The number of nitrogens with zero attached hydrogens (tertiary/aromatic N) is 1. The van der Waals surface area contributed by atoms with Crippen LogP contribution in [0.2, 0.25) is 10.0 Å². The molecule has 18 heteroatoms. The van der Waals surface area contributed by atoms with Gasteiger partial charge in [-0.3, -0.25) is 4.99 Å². The Kier molecular flexibility index (Phi) is 12.5. The van der Waals surface area contributed by atoms with Crippen molar-refractivity contribution in [3.63, 3.8) is 0 Å². The van der Waals surface area contributed by atoms with Crippen molar-refractivity contribution in [2.24, 2.45) is 4.99 Å². The molecular formula is C35H28Cl2F11N3O2. The summed E-state index contributed by atoms with van der Waals surface area (Å²) in [6.07, 6.45) is -7.23. The lowest BCUT2D eigenvalue weighted by Gasteiger charge is -2.28. The standard InChI is InChI=1S/C18H11ClF7N.C13H13ClN2.C4H4F4O2/c1-9-2-4-10(5-3-9)12-6-11-7-15(27-14(11)8-13(12)19)16(20,21)17(22,23)18(24,25)26;1-8-2-4-9(5-3-8)10-6-12(15)13(16)7-11(10)14;1-3(5,6)4(7,8)2(9)10/h2-6,8H,7H2,1H3;2-7H,15-16H2,1H3;1H3,(H,9,10). The van der Waals surface area contributed by atoms with Gasteiger partial charge in [0.2, 0.25) is 0 Å². The number of nitrogen functional groups attached to an aromatic ring is 2. The molecule has 1 aliphatic heterocycles. The van der Waals surface area contributed by atoms with Crippen molar-refractivity contribution in [3.05, 3.63) is 99.5 Å². The summed E-state index contributed by atoms with van der Waals surface area (Å²) in [4.78, 5) is 12.8. The molecule has 1 aliphatic rings. The van der Waals surface area contributed by atoms with E-state index in [-0.39, 0.29) is 23.2 Å². The number of rotatable bonds is 6. The molecule has 5 nitrogen and oxygen atoms in total. The zero-order valence-corrected chi connectivity index (χ0v) is 29.0. The quantitative estimate of drug-likeness (QED) is 0.133. The number of fused-ring (bicyclic) bond motifs is 1. The first kappa shape index (κ1) is 42.8. The molecule has 0 atom stereocenters. The van der Waals surface area contributed by atoms with E-state index in [4.69, 9.17) is 39.8 Å². The SMILES string of the molecule is CC(F)(F)C(F)(F)C(=O)O.Cc1ccc(-c2cc(N)c(N)cc2Cl)cc1.Cc1ccc(-c2cc3c(cc2Cl)N=C(C(F)(F)C(F)(F)C(F)(F)F)C3)cc1. The van der Waals surface area contributed by atoms with Crippen LogP contribution in [0.1, 0.15) is 23.6 Å². The molecule has 0 saturated heterocycles. The Bertz CT molecular complexity index is 2000. The fraction of sp³-hybridized carbons (Fsp3) is 0.257. The maximum absolute atomic E-state index is 13.9. The van der Waals surface area contributed by atoms with E-state index >= 15 is 0 Å². The van der Waals surface area contributed by atoms with E-state index in [0.717, 1.165) is 16.7 Å². The lowest BCUT2D eigenvalue weighted by atomic mass is 9.97. The molecule has 53 heavy (non-hydrogen) atoms. The van der Waals surface area contributed by atoms with Crippen molar-refractivity contribution in [2.45, 2.75) is 57.1 Å². The second-order valence-electron chi connectivity index (χ2n) is 11.8. The molecule has 0 aromatic heterocycles. The number of aliphatic imine (C=N–C) groups is 1. The third kappa shape index (κ3) is 9.33. The largest absolute Gasteiger partial charge is 0.477 e. The third-order valence-corrected chi connectivity index (χ3v) is 8.24. The summed E-state index contributed by atoms with van der Waals surface area (Å²) >= 11 is 12.3. The zero-order valence-electron chi connectivity index (χ0n) is 27.5. The number of alkyl halides is 11. The number of carboxylic acid groups (broad SMARTS) is 1. The Morgan fingerprint density at radius 1 is 0.698 bits per heavy atom. The van der Waals surface area contributed by atoms with Crippen LogP contribution in [0, 0.1) is 13.8 Å². The van der Waals surface area contributed by atoms with Crippen molar-refractivity contribution in [3.8, 4) is 22.3 Å². The highest BCUT2D eigenvalue weighted by Gasteiger charge is 2.75. The van der Waals surface area contributed by atoms with Gasteiger partial charge in [0.15, 0.2) is 0 Å². The lowest BCUT2D eigenvalue weighted by molar-refractivity contribution is -0.336. The molecule has 4 aromatic rings. The van der Waals surface area contributed by atoms with Crippen LogP contribution in [0.4, 0.5) is 65.4 Å². The normalized spacial score (nSPS) is 13.2. The molecule has 0 unspecified atom stereocenters. The minimum atomic E-state index is -6.40. The average Bonchev–Trinajstić information content (AvgIpc) is 3.46. The summed E-state index contributed by atoms with van der Waals surface area (Å²) in [6.45, 7) is 3.75. The minimum absolute atomic E-state index is 0.0997. The summed E-state index contributed by atoms with van der Waals surface area (Å²) in [6, 6.07) is 21.2. The number of aliphatic carboxylic acids is 1. The van der Waals surface area contributed by atoms with Crippen LogP contribution in [-0.2, 0) is 11.2 Å². The van der Waals surface area contributed by atoms with Crippen LogP contribution in [0.25, 0.3) is 22.3 Å². The number of carbonyl (C=O) groups is 1. The van der Waals surface area contributed by atoms with Gasteiger partial charge in [-0.15, -0.1) is 0 Å². The lowest BCUT2D eigenvalue weighted by Crippen LogP contribution is -2.56. The van der Waals surface area contributed by atoms with Gasteiger partial charge in [-0.1, -0.05) is 82.9 Å². The monoisotopic (exact) mass is 801 g/mol. The summed E-state index contributed by atoms with van der Waals surface area (Å²) < 4.78 is 138. The van der Waals surface area contributed by atoms with E-state index in [2.05, 4.69) is 4.99 Å². The fourth-order valence-corrected chi connectivity index (χ4v) is 5.01. The second kappa shape index (κ2) is 15.4. The van der Waals surface area contributed by atoms with E-state index in [1.165, 1.54) is 17.7 Å². The predicted molar refractivity (Wildman–Crippen MR) is 182 cm³/mol. The number of benzene rings is 4. The van der Waals surface area contributed by atoms with Gasteiger partial charge in [0, 0.05) is 24.5 Å². The Hall–Kier alpha value is -4.57. The van der Waals surface area contributed by atoms with Gasteiger partial charge < -0.3 is 16.6 Å². The van der Waals surface area contributed by atoms with Crippen molar-refractivity contribution in [2.75, 3.05) is 11.5 Å². The van der Waals surface area contributed by atoms with Crippen LogP contribution in [0.5, 0.6) is 0 Å². The van der Waals surface area contributed by atoms with E-state index in [1.807, 2.05) is 44.2 Å². The van der Waals surface area contributed by atoms with Gasteiger partial charge in [-0.25, -0.2) is 4.79 Å². The first-order valence-corrected chi connectivity index (χ1v) is 15.6. The topological polar surface area (TPSA) is 102 Å². The second-order valence-corrected chi connectivity index (χ2v) is 12.6. The number of halogens is 13. The van der Waals surface area contributed by atoms with Gasteiger partial charge in [-0.2, -0.15) is 48.3 Å². The van der Waals surface area contributed by atoms with Crippen LogP contribution in [0.3, 0.4) is 0 Å². The molecule has 0 amide bonds. The Morgan fingerprint density at radius 2 is 1.11 bits per heavy atom. The Labute approximate surface area is 305 Å². The molecule has 0 aliphatic carbocycles. The molecule has 1 heterocycles. The third-order valence-electron chi connectivity index (χ3n) is 7.61. The molecule has 4 aromatic carbocycles. The number of hydrogen-bond acceptors (Lipinski definition) is 4. The van der Waals surface area contributed by atoms with Crippen LogP contribution in [0.15, 0.2) is 77.8 Å². The summed E-state index contributed by atoms with van der Waals surface area (Å²) in [7, 11) is 0. The molecular weight excluding hydrogens is 774 g/mol. The van der Waals surface area contributed by atoms with Crippen molar-refractivity contribution in [1.82, 2.24) is 0 Å². The summed E-state index contributed by atoms with van der Waals surface area (Å²) in [5.74, 6) is -24.0. The molecule has 0 spiro atoms. The highest BCUT2D eigenvalue weighted by Crippen LogP contribution is 2.50. The van der Waals surface area contributed by atoms with Gasteiger partial charge in [-0.05, 0) is 54.8 Å². The van der Waals surface area contributed by atoms with Crippen LogP contribution < -0.4 is 11.5 Å². The van der Waals surface area contributed by atoms with Crippen molar-refractivity contribution in [1.29, 1.82) is 0 Å². The zero-order chi connectivity index (χ0) is 40.5. The van der Waals surface area contributed by atoms with Gasteiger partial charge in [0.25, 0.3) is 0 Å². The smallest absolute Gasteiger partial charge is 0.460 e. The first-order chi connectivity index (χ1) is 24.1. The number of nitrogens with two attached hydrogens (primary N) is 2. The Balaban J connectivity index is 0.000000245. The van der Waals surface area contributed by atoms with Gasteiger partial charge in [0.05, 0.1) is 32.8 Å². The first-order valence-electron chi connectivity index (χ1n) is 14.8. The maximum Gasteiger partial charge on any atom is 0.460 e. The highest BCUT2D eigenvalue weighted by atomic mass is 35.5. The fourth-order valence-electron chi connectivity index (χ4n) is 4.46. The number of hydrogen-bond donors (Lipinski definition) is 3. The molecule has 0 saturated carbocycles. The molecule has 5 rings (SSSR count). The minimum Gasteiger partial charge on any atom is -0.477 e. The maximum atomic E-state index is 13.9.